The van der Waals surface area contributed by atoms with Gasteiger partial charge in [-0.2, -0.15) is 0 Å². The van der Waals surface area contributed by atoms with E-state index in [2.05, 4.69) is 20.5 Å². The Bertz CT molecular complexity index is 2750. The number of unbranched alkanes of at least 4 members (excludes halogenated alkanes) is 3. The number of rotatable bonds is 41. The van der Waals surface area contributed by atoms with Crippen LogP contribution in [0.25, 0.3) is 0 Å². The maximum Gasteiger partial charge on any atom is 0.306 e. The number of benzene rings is 1. The van der Waals surface area contributed by atoms with Crippen LogP contribution in [-0.4, -0.2) is 147 Å². The standard InChI is InChI=1S/C66H99N7O13S2/c1-12-29-72(64(82)50(42(7)13-2)36-56(77)53-23-18-20-30-71(53)10)54(41(5)6)37-57(86-44(9)74)63-70-52(39-88-63)62(81)68-47(32-43(8)66(84)85)33-45-25-27-46(28-26-45)34-55(76)51(22-16-17-24-59(67)78)69-61(80)49(40(3)4)35-48(75)21-15-14-19-31-73-60(79)38-58(87-11)65(73)83/h25-28,38-43,47,49-51,53-54,57H,12-24,29-37H2,1-11H3,(H2,67,78)(H,68,81)(H,69,80)(H,84,85)/t42-,43-,47+,49-,50-,51?,53+,54+,57+/m0/s1. The highest BCUT2D eigenvalue weighted by Crippen LogP contribution is 2.34. The van der Waals surface area contributed by atoms with Gasteiger partial charge < -0.3 is 31.1 Å². The van der Waals surface area contributed by atoms with Crippen molar-refractivity contribution in [2.24, 2.45) is 41.2 Å². The number of nitrogens with zero attached hydrogens (tertiary/aromatic N) is 4. The van der Waals surface area contributed by atoms with Crippen LogP contribution >= 0.6 is 23.1 Å². The molecule has 1 aromatic carbocycles. The lowest BCUT2D eigenvalue weighted by Gasteiger charge is -2.39. The number of hydrogen-bond donors (Lipinski definition) is 4. The highest BCUT2D eigenvalue weighted by Gasteiger charge is 2.39. The normalized spacial score (nSPS) is 17.3. The number of aliphatic carboxylic acids is 1. The van der Waals surface area contributed by atoms with Crippen LogP contribution < -0.4 is 16.4 Å². The van der Waals surface area contributed by atoms with Crippen molar-refractivity contribution in [3.63, 3.8) is 0 Å². The predicted molar refractivity (Wildman–Crippen MR) is 341 cm³/mol. The molecule has 0 spiro atoms. The number of hydrogen-bond acceptors (Lipinski definition) is 16. The van der Waals surface area contributed by atoms with Gasteiger partial charge in [0, 0.05) is 93.9 Å². The van der Waals surface area contributed by atoms with Crippen LogP contribution in [0.2, 0.25) is 0 Å². The fourth-order valence-electron chi connectivity index (χ4n) is 11.7. The molecular formula is C66H99N7O13S2. The topological polar surface area (TPSA) is 290 Å². The van der Waals surface area contributed by atoms with Crippen molar-refractivity contribution in [3.05, 3.63) is 62.5 Å². The van der Waals surface area contributed by atoms with Gasteiger partial charge in [0.25, 0.3) is 17.7 Å². The maximum absolute atomic E-state index is 14.9. The first kappa shape index (κ1) is 74.3. The molecule has 5 N–H and O–H groups in total. The maximum atomic E-state index is 14.9. The Balaban J connectivity index is 1.46. The Morgan fingerprint density at radius 2 is 1.55 bits per heavy atom. The first-order valence-corrected chi connectivity index (χ1v) is 33.8. The predicted octanol–water partition coefficient (Wildman–Crippen LogP) is 9.01. The third-order valence-corrected chi connectivity index (χ3v) is 18.9. The number of carbonyl (C=O) groups excluding carboxylic acids is 10. The summed E-state index contributed by atoms with van der Waals surface area (Å²) in [7, 11) is 1.97. The van der Waals surface area contributed by atoms with E-state index in [0.29, 0.717) is 67.0 Å². The molecule has 22 heteroatoms. The van der Waals surface area contributed by atoms with Crippen LogP contribution in [0.1, 0.15) is 204 Å². The van der Waals surface area contributed by atoms with Crippen molar-refractivity contribution >= 4 is 87.8 Å². The second-order valence-electron chi connectivity index (χ2n) is 24.9. The van der Waals surface area contributed by atoms with Gasteiger partial charge in [0.2, 0.25) is 17.7 Å². The number of nitrogens with two attached hydrogens (primary N) is 1. The van der Waals surface area contributed by atoms with Crippen molar-refractivity contribution in [2.75, 3.05) is 32.9 Å². The minimum atomic E-state index is -1.05. The first-order valence-electron chi connectivity index (χ1n) is 31.7. The van der Waals surface area contributed by atoms with Crippen molar-refractivity contribution < 1.29 is 62.6 Å². The monoisotopic (exact) mass is 1260 g/mol. The van der Waals surface area contributed by atoms with Gasteiger partial charge in [-0.25, -0.2) is 4.98 Å². The number of carboxylic acids is 1. The molecule has 1 fully saturated rings. The van der Waals surface area contributed by atoms with Crippen molar-refractivity contribution in [2.45, 2.75) is 215 Å². The summed E-state index contributed by atoms with van der Waals surface area (Å²) in [4.78, 5) is 156. The number of piperidine rings is 1. The quantitative estimate of drug-likeness (QED) is 0.0274. The summed E-state index contributed by atoms with van der Waals surface area (Å²) in [5.41, 5.74) is 6.79. The van der Waals surface area contributed by atoms with Gasteiger partial charge in [0.1, 0.15) is 16.5 Å². The number of amides is 6. The number of thiazole rings is 1. The summed E-state index contributed by atoms with van der Waals surface area (Å²) in [5.74, 6) is -6.66. The van der Waals surface area contributed by atoms with E-state index in [1.54, 1.807) is 42.8 Å². The fourth-order valence-corrected chi connectivity index (χ4v) is 13.0. The molecule has 0 aliphatic carbocycles. The molecule has 2 aliphatic heterocycles. The number of ketones is 3. The summed E-state index contributed by atoms with van der Waals surface area (Å²) in [6.45, 7) is 18.1. The summed E-state index contributed by atoms with van der Waals surface area (Å²) in [6, 6.07) is 4.84. The van der Waals surface area contributed by atoms with Crippen LogP contribution in [0.3, 0.4) is 0 Å². The zero-order valence-electron chi connectivity index (χ0n) is 53.9. The molecule has 0 saturated carbocycles. The number of likely N-dealkylation sites (N-methyl/N-ethyl adjacent to an activating group) is 1. The van der Waals surface area contributed by atoms with Gasteiger partial charge >= 0.3 is 11.9 Å². The molecule has 0 bridgehead atoms. The van der Waals surface area contributed by atoms with Crippen molar-refractivity contribution in [1.82, 2.24) is 30.3 Å². The summed E-state index contributed by atoms with van der Waals surface area (Å²) in [6.07, 6.45) is 9.86. The Kier molecular flexibility index (Phi) is 31.4. The van der Waals surface area contributed by atoms with Crippen LogP contribution in [0.4, 0.5) is 0 Å². The second kappa shape index (κ2) is 37.1. The van der Waals surface area contributed by atoms with Crippen LogP contribution in [-0.2, 0) is 65.5 Å². The molecule has 20 nitrogen and oxygen atoms in total. The van der Waals surface area contributed by atoms with Crippen LogP contribution in [0.5, 0.6) is 0 Å². The molecule has 1 saturated heterocycles. The largest absolute Gasteiger partial charge is 0.481 e. The average molecular weight is 1260 g/mol. The zero-order chi connectivity index (χ0) is 65.4. The molecule has 1 unspecified atom stereocenters. The lowest BCUT2D eigenvalue weighted by Crippen LogP contribution is -2.50. The van der Waals surface area contributed by atoms with E-state index in [0.717, 1.165) is 42.7 Å². The third-order valence-electron chi connectivity index (χ3n) is 17.2. The van der Waals surface area contributed by atoms with Gasteiger partial charge in [-0.1, -0.05) is 105 Å². The Morgan fingerprint density at radius 1 is 0.864 bits per heavy atom. The molecule has 88 heavy (non-hydrogen) atoms. The number of nitrogens with one attached hydrogen (secondary N) is 2. The van der Waals surface area contributed by atoms with E-state index in [1.807, 2.05) is 60.4 Å². The number of Topliss-reactive ketones (excluding diaryl/α,β-unsaturated/α-hetero) is 3. The van der Waals surface area contributed by atoms with E-state index >= 15 is 0 Å². The summed E-state index contributed by atoms with van der Waals surface area (Å²) >= 11 is 2.36. The highest BCUT2D eigenvalue weighted by atomic mass is 32.2. The summed E-state index contributed by atoms with van der Waals surface area (Å²) < 4.78 is 5.93. The second-order valence-corrected chi connectivity index (χ2v) is 26.6. The van der Waals surface area contributed by atoms with Gasteiger partial charge in [-0.05, 0) is 107 Å². The number of likely N-dealkylation sites (tertiary alicyclic amines) is 1. The molecule has 488 valence electrons. The molecule has 9 atom stereocenters. The molecule has 0 radical (unpaired) electrons. The third kappa shape index (κ3) is 23.3. The van der Waals surface area contributed by atoms with Crippen LogP contribution in [0, 0.1) is 35.5 Å². The minimum Gasteiger partial charge on any atom is -0.481 e. The number of thioether (sulfide) groups is 1. The van der Waals surface area contributed by atoms with E-state index in [9.17, 15) is 57.8 Å². The Labute approximate surface area is 529 Å². The van der Waals surface area contributed by atoms with Gasteiger partial charge in [0.05, 0.1) is 22.9 Å². The number of esters is 1. The number of carbonyl (C=O) groups is 11. The van der Waals surface area contributed by atoms with Gasteiger partial charge in [-0.15, -0.1) is 23.1 Å². The smallest absolute Gasteiger partial charge is 0.306 e. The van der Waals surface area contributed by atoms with Gasteiger partial charge in [-0.3, -0.25) is 62.5 Å². The fraction of sp³-hybridized carbons (Fsp3) is 0.667. The van der Waals surface area contributed by atoms with E-state index < -0.39 is 71.6 Å². The van der Waals surface area contributed by atoms with E-state index in [4.69, 9.17) is 10.5 Å². The molecule has 2 aliphatic rings. The lowest BCUT2D eigenvalue weighted by atomic mass is 9.82. The first-order chi connectivity index (χ1) is 41.7. The molecular weight excluding hydrogens is 1160 g/mol. The van der Waals surface area contributed by atoms with Crippen LogP contribution in [0.15, 0.2) is 40.6 Å². The van der Waals surface area contributed by atoms with Gasteiger partial charge in [0.15, 0.2) is 17.7 Å². The molecule has 4 rings (SSSR count). The lowest BCUT2D eigenvalue weighted by molar-refractivity contribution is -0.150. The SMILES string of the molecule is CCCN(C(=O)[C@@H](CC(=O)[C@H]1CCCCN1C)[C@@H](C)CC)[C@H](C[C@@H](OC(C)=O)c1nc(C(=O)N[C@@H](Cc2ccc(CC(=O)C(CCCCC(N)=O)NC(=O)[C@@H](CC(=O)CCCCCN3C(=O)C=C(SC)C3=O)C(C)C)cc2)C[C@H](C)C(=O)O)cs1)C(C)C. The Hall–Kier alpha value is -6.13. The number of carboxylic acid groups (broad SMARTS) is 1. The van der Waals surface area contributed by atoms with Crippen molar-refractivity contribution in [3.8, 4) is 0 Å². The zero-order valence-corrected chi connectivity index (χ0v) is 55.5. The number of primary amides is 1. The number of aromatic nitrogens is 1. The van der Waals surface area contributed by atoms with E-state index in [1.165, 1.54) is 29.7 Å². The molecule has 3 heterocycles. The average Bonchev–Trinajstić information content (AvgIpc) is 4.31. The molecule has 1 aromatic heterocycles. The van der Waals surface area contributed by atoms with E-state index in [-0.39, 0.29) is 129 Å². The molecule has 6 amide bonds. The van der Waals surface area contributed by atoms with Crippen molar-refractivity contribution in [1.29, 1.82) is 0 Å². The number of imide groups is 1. The number of ether oxygens (including phenoxy) is 1. The minimum absolute atomic E-state index is 0.0308. The molecule has 2 aromatic rings. The highest BCUT2D eigenvalue weighted by molar-refractivity contribution is 8.03. The summed E-state index contributed by atoms with van der Waals surface area (Å²) in [5, 5.41) is 17.8. The Morgan fingerprint density at radius 3 is 2.14 bits per heavy atom.